The minimum absolute atomic E-state index is 0.0191. The van der Waals surface area contributed by atoms with Crippen LogP contribution in [0, 0.1) is 5.92 Å². The Kier molecular flexibility index (Phi) is 10.8. The molecule has 2 aliphatic rings. The maximum Gasteiger partial charge on any atom is 0.410 e. The Balaban J connectivity index is 1.60. The number of hydrogen-bond acceptors (Lipinski definition) is 8. The van der Waals surface area contributed by atoms with Crippen molar-refractivity contribution in [1.29, 1.82) is 0 Å². The molecule has 0 saturated carbocycles. The number of halogens is 2. The molecule has 5 rings (SSSR count). The van der Waals surface area contributed by atoms with E-state index in [1.54, 1.807) is 75.1 Å². The molecule has 5 atom stereocenters. The number of nitrogens with one attached hydrogen (secondary N) is 1. The second-order valence-electron chi connectivity index (χ2n) is 12.6. The SMILES string of the molecule is CCOC(=O)C1CN(C(=O)OC(C)(C)C)CC1N1C(=O)c2ccccc2C(C(O)NOCc2ccccc2)C1c1ccc(Cl)cc1Cl. The van der Waals surface area contributed by atoms with Crippen LogP contribution in [-0.4, -0.2) is 70.4 Å². The molecule has 12 heteroatoms. The molecule has 5 unspecified atom stereocenters. The average Bonchev–Trinajstić information content (AvgIpc) is 3.46. The van der Waals surface area contributed by atoms with Gasteiger partial charge in [-0.15, -0.1) is 0 Å². The van der Waals surface area contributed by atoms with Crippen LogP contribution in [0.2, 0.25) is 10.0 Å². The summed E-state index contributed by atoms with van der Waals surface area (Å²) in [5.41, 5.74) is 4.26. The van der Waals surface area contributed by atoms with Gasteiger partial charge in [-0.1, -0.05) is 77.8 Å². The van der Waals surface area contributed by atoms with Gasteiger partial charge in [0.15, 0.2) is 0 Å². The predicted molar refractivity (Wildman–Crippen MR) is 177 cm³/mol. The first-order valence-corrected chi connectivity index (χ1v) is 16.3. The van der Waals surface area contributed by atoms with Crippen LogP contribution in [0.4, 0.5) is 4.79 Å². The quantitative estimate of drug-likeness (QED) is 0.158. The van der Waals surface area contributed by atoms with Crippen LogP contribution < -0.4 is 5.48 Å². The summed E-state index contributed by atoms with van der Waals surface area (Å²) in [4.78, 5) is 50.1. The Morgan fingerprint density at radius 2 is 1.70 bits per heavy atom. The topological polar surface area (TPSA) is 118 Å². The summed E-state index contributed by atoms with van der Waals surface area (Å²) in [7, 11) is 0. The van der Waals surface area contributed by atoms with Gasteiger partial charge in [-0.25, -0.2) is 4.79 Å². The van der Waals surface area contributed by atoms with E-state index in [0.29, 0.717) is 21.7 Å². The van der Waals surface area contributed by atoms with Gasteiger partial charge in [-0.05, 0) is 62.6 Å². The first-order valence-electron chi connectivity index (χ1n) is 15.5. The fourth-order valence-corrected chi connectivity index (χ4v) is 6.78. The molecule has 0 radical (unpaired) electrons. The molecule has 0 bridgehead atoms. The maximum atomic E-state index is 14.6. The highest BCUT2D eigenvalue weighted by molar-refractivity contribution is 6.35. The molecule has 1 saturated heterocycles. The summed E-state index contributed by atoms with van der Waals surface area (Å²) in [6.07, 6.45) is -1.97. The zero-order chi connectivity index (χ0) is 33.9. The van der Waals surface area contributed by atoms with Crippen LogP contribution in [0.3, 0.4) is 0 Å². The van der Waals surface area contributed by atoms with Gasteiger partial charge in [0.1, 0.15) is 11.8 Å². The third-order valence-corrected chi connectivity index (χ3v) is 8.78. The van der Waals surface area contributed by atoms with Crippen molar-refractivity contribution < 1.29 is 33.8 Å². The minimum Gasteiger partial charge on any atom is -0.466 e. The van der Waals surface area contributed by atoms with Crippen molar-refractivity contribution in [3.8, 4) is 0 Å². The van der Waals surface area contributed by atoms with E-state index in [0.717, 1.165) is 5.56 Å². The number of likely N-dealkylation sites (tertiary alicyclic amines) is 1. The van der Waals surface area contributed by atoms with E-state index < -0.39 is 53.7 Å². The standard InChI is InChI=1S/C35H39Cl2N3O7/c1-5-45-33(43)26-18-39(34(44)47-35(2,3)4)19-28(26)40-30(25-16-15-22(36)17-27(25)37)29(23-13-9-10-14-24(23)32(40)42)31(41)38-46-20-21-11-7-6-8-12-21/h6-17,26,28-31,38,41H,5,18-20H2,1-4H3. The molecule has 0 spiro atoms. The number of fused-ring (bicyclic) bond motifs is 1. The van der Waals surface area contributed by atoms with Gasteiger partial charge < -0.3 is 24.4 Å². The summed E-state index contributed by atoms with van der Waals surface area (Å²) in [6, 6.07) is 19.6. The van der Waals surface area contributed by atoms with Crippen molar-refractivity contribution in [3.05, 3.63) is 105 Å². The summed E-state index contributed by atoms with van der Waals surface area (Å²) < 4.78 is 11.1. The number of aliphatic hydroxyl groups excluding tert-OH is 1. The average molecular weight is 685 g/mol. The van der Waals surface area contributed by atoms with Crippen molar-refractivity contribution in [2.75, 3.05) is 19.7 Å². The number of carbonyl (C=O) groups is 3. The van der Waals surface area contributed by atoms with Gasteiger partial charge in [0.2, 0.25) is 0 Å². The number of ether oxygens (including phenoxy) is 2. The highest BCUT2D eigenvalue weighted by Crippen LogP contribution is 2.49. The smallest absolute Gasteiger partial charge is 0.410 e. The van der Waals surface area contributed by atoms with E-state index in [-0.39, 0.29) is 31.3 Å². The Labute approximate surface area is 284 Å². The van der Waals surface area contributed by atoms with E-state index in [1.165, 1.54) is 4.90 Å². The van der Waals surface area contributed by atoms with Gasteiger partial charge in [0, 0.05) is 28.7 Å². The van der Waals surface area contributed by atoms with Gasteiger partial charge in [-0.3, -0.25) is 14.4 Å². The molecule has 2 amide bonds. The number of hydrogen-bond donors (Lipinski definition) is 2. The molecule has 2 aliphatic heterocycles. The van der Waals surface area contributed by atoms with Crippen LogP contribution in [0.1, 0.15) is 66.7 Å². The molecule has 3 aromatic rings. The number of hydroxylamine groups is 1. The second-order valence-corrected chi connectivity index (χ2v) is 13.4. The molecular weight excluding hydrogens is 645 g/mol. The van der Waals surface area contributed by atoms with E-state index >= 15 is 0 Å². The normalized spacial score (nSPS) is 21.7. The number of benzene rings is 3. The van der Waals surface area contributed by atoms with Crippen molar-refractivity contribution in [3.63, 3.8) is 0 Å². The van der Waals surface area contributed by atoms with Crippen LogP contribution in [-0.2, 0) is 25.7 Å². The van der Waals surface area contributed by atoms with Gasteiger partial charge in [-0.2, -0.15) is 5.48 Å². The fourth-order valence-electron chi connectivity index (χ4n) is 6.26. The largest absolute Gasteiger partial charge is 0.466 e. The number of nitrogens with zero attached hydrogens (tertiary/aromatic N) is 2. The fraction of sp³-hybridized carbons (Fsp3) is 0.400. The summed E-state index contributed by atoms with van der Waals surface area (Å²) >= 11 is 13.1. The van der Waals surface area contributed by atoms with Crippen LogP contribution >= 0.6 is 23.2 Å². The summed E-state index contributed by atoms with van der Waals surface area (Å²) in [6.45, 7) is 7.18. The lowest BCUT2D eigenvalue weighted by molar-refractivity contribution is -0.149. The lowest BCUT2D eigenvalue weighted by atomic mass is 9.77. The molecule has 3 aromatic carbocycles. The number of esters is 1. The van der Waals surface area contributed by atoms with Crippen LogP contribution in [0.5, 0.6) is 0 Å². The second kappa shape index (κ2) is 14.6. The predicted octanol–water partition coefficient (Wildman–Crippen LogP) is 6.11. The van der Waals surface area contributed by atoms with E-state index in [2.05, 4.69) is 5.48 Å². The molecular formula is C35H39Cl2N3O7. The minimum atomic E-state index is -1.35. The van der Waals surface area contributed by atoms with Crippen LogP contribution in [0.15, 0.2) is 72.8 Å². The Bertz CT molecular complexity index is 1600. The Hall–Kier alpha value is -3.67. The molecule has 0 aliphatic carbocycles. The lowest BCUT2D eigenvalue weighted by Gasteiger charge is -2.47. The maximum absolute atomic E-state index is 14.6. The number of aliphatic hydroxyl groups is 1. The molecule has 2 N–H and O–H groups in total. The van der Waals surface area contributed by atoms with Crippen molar-refractivity contribution >= 4 is 41.2 Å². The van der Waals surface area contributed by atoms with Crippen molar-refractivity contribution in [1.82, 2.24) is 15.3 Å². The monoisotopic (exact) mass is 683 g/mol. The first kappa shape index (κ1) is 34.7. The molecule has 1 fully saturated rings. The van der Waals surface area contributed by atoms with E-state index in [9.17, 15) is 19.5 Å². The molecule has 10 nitrogen and oxygen atoms in total. The summed E-state index contributed by atoms with van der Waals surface area (Å²) in [5, 5.41) is 12.5. The third-order valence-electron chi connectivity index (χ3n) is 8.22. The number of rotatable bonds is 9. The van der Waals surface area contributed by atoms with Gasteiger partial charge in [0.25, 0.3) is 5.91 Å². The highest BCUT2D eigenvalue weighted by atomic mass is 35.5. The van der Waals surface area contributed by atoms with Crippen molar-refractivity contribution in [2.45, 2.75) is 64.1 Å². The first-order chi connectivity index (χ1) is 22.4. The zero-order valence-electron chi connectivity index (χ0n) is 26.7. The molecule has 250 valence electrons. The van der Waals surface area contributed by atoms with E-state index in [1.807, 2.05) is 30.3 Å². The zero-order valence-corrected chi connectivity index (χ0v) is 28.2. The number of amides is 2. The van der Waals surface area contributed by atoms with Gasteiger partial charge in [0.05, 0.1) is 37.1 Å². The van der Waals surface area contributed by atoms with Crippen molar-refractivity contribution in [2.24, 2.45) is 5.92 Å². The molecule has 0 aromatic heterocycles. The Morgan fingerprint density at radius 3 is 2.38 bits per heavy atom. The van der Waals surface area contributed by atoms with Crippen LogP contribution in [0.25, 0.3) is 0 Å². The number of carbonyl (C=O) groups excluding carboxylic acids is 3. The highest BCUT2D eigenvalue weighted by Gasteiger charge is 2.53. The van der Waals surface area contributed by atoms with E-state index in [4.69, 9.17) is 37.5 Å². The third kappa shape index (κ3) is 7.74. The summed E-state index contributed by atoms with van der Waals surface area (Å²) in [5.74, 6) is -2.70. The van der Waals surface area contributed by atoms with Gasteiger partial charge >= 0.3 is 12.1 Å². The molecule has 2 heterocycles. The lowest BCUT2D eigenvalue weighted by Crippen LogP contribution is -2.55. The molecule has 47 heavy (non-hydrogen) atoms. The Morgan fingerprint density at radius 1 is 1.00 bits per heavy atom.